The van der Waals surface area contributed by atoms with Crippen molar-refractivity contribution in [2.75, 3.05) is 0 Å². The minimum Gasteiger partial charge on any atom is -0.352 e. The minimum absolute atomic E-state index is 0.0926. The molecule has 0 heterocycles. The molecule has 10 heavy (non-hydrogen) atoms. The van der Waals surface area contributed by atoms with Gasteiger partial charge in [0.1, 0.15) is 0 Å². The molecule has 0 aromatic rings. The summed E-state index contributed by atoms with van der Waals surface area (Å²) in [5, 5.41) is 2.91. The second-order valence-electron chi connectivity index (χ2n) is 3.22. The van der Waals surface area contributed by atoms with Crippen LogP contribution in [0.4, 0.5) is 0 Å². The summed E-state index contributed by atoms with van der Waals surface area (Å²) in [7, 11) is 0. The van der Waals surface area contributed by atoms with Crippen LogP contribution in [0.3, 0.4) is 0 Å². The van der Waals surface area contributed by atoms with Crippen molar-refractivity contribution in [1.29, 1.82) is 0 Å². The highest BCUT2D eigenvalue weighted by atomic mass is 79.9. The number of carbonyl (C=O) groups excluding carboxylic acids is 1. The van der Waals surface area contributed by atoms with Gasteiger partial charge in [-0.3, -0.25) is 4.79 Å². The Balaban J connectivity index is 2.32. The van der Waals surface area contributed by atoms with E-state index in [0.29, 0.717) is 6.04 Å². The smallest absolute Gasteiger partial charge is 0.236 e. The molecule has 1 aliphatic carbocycles. The van der Waals surface area contributed by atoms with Gasteiger partial charge < -0.3 is 5.32 Å². The van der Waals surface area contributed by atoms with E-state index in [1.807, 2.05) is 13.8 Å². The summed E-state index contributed by atoms with van der Waals surface area (Å²) >= 11 is 3.29. The molecule has 1 saturated carbocycles. The van der Waals surface area contributed by atoms with Crippen molar-refractivity contribution in [3.8, 4) is 0 Å². The van der Waals surface area contributed by atoms with E-state index in [1.54, 1.807) is 0 Å². The molecule has 0 aromatic heterocycles. The monoisotopic (exact) mass is 205 g/mol. The lowest BCUT2D eigenvalue weighted by atomic mass is 10.2. The van der Waals surface area contributed by atoms with E-state index in [9.17, 15) is 4.79 Å². The maximum Gasteiger partial charge on any atom is 0.236 e. The second kappa shape index (κ2) is 2.53. The van der Waals surface area contributed by atoms with Crippen LogP contribution in [-0.4, -0.2) is 16.3 Å². The van der Waals surface area contributed by atoms with Crippen LogP contribution in [-0.2, 0) is 4.79 Å². The van der Waals surface area contributed by atoms with Crippen LogP contribution in [0.2, 0.25) is 0 Å². The molecule has 0 spiro atoms. The Hall–Kier alpha value is -0.0500. The van der Waals surface area contributed by atoms with Gasteiger partial charge in [-0.2, -0.15) is 0 Å². The molecule has 1 fully saturated rings. The van der Waals surface area contributed by atoms with E-state index in [2.05, 4.69) is 21.2 Å². The van der Waals surface area contributed by atoms with Gasteiger partial charge in [-0.15, -0.1) is 0 Å². The number of halogens is 1. The first-order valence-corrected chi connectivity index (χ1v) is 4.29. The van der Waals surface area contributed by atoms with Crippen LogP contribution in [0.25, 0.3) is 0 Å². The van der Waals surface area contributed by atoms with Crippen molar-refractivity contribution in [3.63, 3.8) is 0 Å². The molecule has 0 aromatic carbocycles. The predicted octanol–water partition coefficient (Wildman–Crippen LogP) is 1.44. The number of amides is 1. The van der Waals surface area contributed by atoms with Crippen molar-refractivity contribution in [1.82, 2.24) is 5.32 Å². The second-order valence-corrected chi connectivity index (χ2v) is 5.20. The summed E-state index contributed by atoms with van der Waals surface area (Å²) in [5.74, 6) is 0.0926. The van der Waals surface area contributed by atoms with Gasteiger partial charge in [0.2, 0.25) is 5.91 Å². The van der Waals surface area contributed by atoms with E-state index in [4.69, 9.17) is 0 Å². The number of carbonyl (C=O) groups is 1. The molecule has 1 amide bonds. The fraction of sp³-hybridized carbons (Fsp3) is 0.857. The molecular weight excluding hydrogens is 194 g/mol. The zero-order valence-corrected chi connectivity index (χ0v) is 7.86. The van der Waals surface area contributed by atoms with Crippen LogP contribution in [0.5, 0.6) is 0 Å². The number of hydrogen-bond acceptors (Lipinski definition) is 1. The zero-order chi connectivity index (χ0) is 7.78. The fourth-order valence-corrected chi connectivity index (χ4v) is 0.699. The van der Waals surface area contributed by atoms with E-state index >= 15 is 0 Å². The zero-order valence-electron chi connectivity index (χ0n) is 6.28. The van der Waals surface area contributed by atoms with Gasteiger partial charge in [-0.25, -0.2) is 0 Å². The Morgan fingerprint density at radius 3 is 2.40 bits per heavy atom. The quantitative estimate of drug-likeness (QED) is 0.680. The average molecular weight is 206 g/mol. The molecule has 0 bridgehead atoms. The first-order valence-electron chi connectivity index (χ1n) is 3.50. The van der Waals surface area contributed by atoms with Crippen LogP contribution >= 0.6 is 15.9 Å². The summed E-state index contributed by atoms with van der Waals surface area (Å²) in [4.78, 5) is 11.2. The lowest BCUT2D eigenvalue weighted by molar-refractivity contribution is -0.122. The molecule has 1 N–H and O–H groups in total. The SMILES string of the molecule is CC(C)(Br)C(=O)NC1CC1. The summed E-state index contributed by atoms with van der Waals surface area (Å²) in [5.41, 5.74) is 0. The Labute approximate surface area is 69.5 Å². The summed E-state index contributed by atoms with van der Waals surface area (Å²) in [6, 6.07) is 0.462. The normalized spacial score (nSPS) is 18.7. The van der Waals surface area contributed by atoms with Crippen molar-refractivity contribution in [3.05, 3.63) is 0 Å². The lowest BCUT2D eigenvalue weighted by Gasteiger charge is -2.14. The van der Waals surface area contributed by atoms with Gasteiger partial charge in [0.15, 0.2) is 0 Å². The minimum atomic E-state index is -0.407. The van der Waals surface area contributed by atoms with Gasteiger partial charge in [0.05, 0.1) is 4.32 Å². The van der Waals surface area contributed by atoms with Crippen LogP contribution < -0.4 is 5.32 Å². The Morgan fingerprint density at radius 2 is 2.10 bits per heavy atom. The number of rotatable bonds is 2. The first-order chi connectivity index (χ1) is 4.50. The van der Waals surface area contributed by atoms with Gasteiger partial charge in [-0.1, -0.05) is 15.9 Å². The van der Waals surface area contributed by atoms with Crippen molar-refractivity contribution in [2.24, 2.45) is 0 Å². The molecule has 1 rings (SSSR count). The number of nitrogens with one attached hydrogen (secondary N) is 1. The van der Waals surface area contributed by atoms with Gasteiger partial charge in [0, 0.05) is 6.04 Å². The lowest BCUT2D eigenvalue weighted by Crippen LogP contribution is -2.38. The molecule has 0 aliphatic heterocycles. The molecule has 0 saturated heterocycles. The van der Waals surface area contributed by atoms with E-state index in [1.165, 1.54) is 0 Å². The summed E-state index contributed by atoms with van der Waals surface area (Å²) in [6.45, 7) is 3.70. The fourth-order valence-electron chi connectivity index (χ4n) is 0.585. The molecule has 3 heteroatoms. The van der Waals surface area contributed by atoms with Gasteiger partial charge in [-0.05, 0) is 26.7 Å². The molecule has 2 nitrogen and oxygen atoms in total. The predicted molar refractivity (Wildman–Crippen MR) is 44.2 cm³/mol. The van der Waals surface area contributed by atoms with Gasteiger partial charge in [0.25, 0.3) is 0 Å². The van der Waals surface area contributed by atoms with E-state index in [0.717, 1.165) is 12.8 Å². The van der Waals surface area contributed by atoms with Crippen molar-refractivity contribution in [2.45, 2.75) is 37.1 Å². The standard InChI is InChI=1S/C7H12BrNO/c1-7(2,8)6(10)9-5-3-4-5/h5H,3-4H2,1-2H3,(H,9,10). The van der Waals surface area contributed by atoms with E-state index < -0.39 is 4.32 Å². The Morgan fingerprint density at radius 1 is 1.60 bits per heavy atom. The van der Waals surface area contributed by atoms with Crippen LogP contribution in [0, 0.1) is 0 Å². The molecular formula is C7H12BrNO. The topological polar surface area (TPSA) is 29.1 Å². The Kier molecular flexibility index (Phi) is 2.04. The van der Waals surface area contributed by atoms with Gasteiger partial charge >= 0.3 is 0 Å². The first kappa shape index (κ1) is 8.05. The highest BCUT2D eigenvalue weighted by Gasteiger charge is 2.30. The molecule has 0 atom stereocenters. The van der Waals surface area contributed by atoms with Crippen molar-refractivity contribution < 1.29 is 4.79 Å². The average Bonchev–Trinajstić information content (AvgIpc) is 2.47. The number of alkyl halides is 1. The van der Waals surface area contributed by atoms with E-state index in [-0.39, 0.29) is 5.91 Å². The summed E-state index contributed by atoms with van der Waals surface area (Å²) < 4.78 is -0.407. The summed E-state index contributed by atoms with van der Waals surface area (Å²) in [6.07, 6.45) is 2.30. The highest BCUT2D eigenvalue weighted by Crippen LogP contribution is 2.22. The third-order valence-corrected chi connectivity index (χ3v) is 1.81. The van der Waals surface area contributed by atoms with Crippen LogP contribution in [0.15, 0.2) is 0 Å². The molecule has 1 aliphatic rings. The molecule has 0 radical (unpaired) electrons. The largest absolute Gasteiger partial charge is 0.352 e. The maximum atomic E-state index is 11.2. The Bertz CT molecular complexity index is 146. The highest BCUT2D eigenvalue weighted by molar-refractivity contribution is 9.10. The van der Waals surface area contributed by atoms with Crippen molar-refractivity contribution >= 4 is 21.8 Å². The number of hydrogen-bond donors (Lipinski definition) is 1. The third kappa shape index (κ3) is 2.29. The third-order valence-electron chi connectivity index (χ3n) is 1.45. The maximum absolute atomic E-state index is 11.2. The van der Waals surface area contributed by atoms with Crippen LogP contribution in [0.1, 0.15) is 26.7 Å². The molecule has 58 valence electrons. The molecule has 0 unspecified atom stereocenters.